The van der Waals surface area contributed by atoms with E-state index < -0.39 is 0 Å². The molecule has 2 heteroatoms. The third kappa shape index (κ3) is 2.51. The van der Waals surface area contributed by atoms with Gasteiger partial charge in [0.15, 0.2) is 0 Å². The van der Waals surface area contributed by atoms with E-state index in [-0.39, 0.29) is 5.92 Å². The molecule has 1 heterocycles. The van der Waals surface area contributed by atoms with Crippen molar-refractivity contribution < 1.29 is 4.79 Å². The SMILES string of the molecule is CCCCN1C(=O)[C@H](c2ccccc2)C[C@H]1C. The van der Waals surface area contributed by atoms with Gasteiger partial charge in [0.1, 0.15) is 0 Å². The number of amides is 1. The minimum Gasteiger partial charge on any atom is -0.339 e. The number of hydrogen-bond acceptors (Lipinski definition) is 1. The van der Waals surface area contributed by atoms with Crippen molar-refractivity contribution in [3.05, 3.63) is 35.9 Å². The molecule has 1 aromatic carbocycles. The van der Waals surface area contributed by atoms with E-state index in [0.717, 1.165) is 25.8 Å². The van der Waals surface area contributed by atoms with Crippen LogP contribution in [0.25, 0.3) is 0 Å². The Kier molecular flexibility index (Phi) is 3.82. The Hall–Kier alpha value is -1.31. The fourth-order valence-corrected chi connectivity index (χ4v) is 2.61. The van der Waals surface area contributed by atoms with Gasteiger partial charge in [-0.25, -0.2) is 0 Å². The minimum absolute atomic E-state index is 0.0862. The lowest BCUT2D eigenvalue weighted by Crippen LogP contribution is -2.32. The Morgan fingerprint density at radius 2 is 2.00 bits per heavy atom. The number of nitrogens with zero attached hydrogens (tertiary/aromatic N) is 1. The molecule has 0 radical (unpaired) electrons. The number of benzene rings is 1. The van der Waals surface area contributed by atoms with E-state index in [1.807, 2.05) is 18.2 Å². The van der Waals surface area contributed by atoms with Crippen LogP contribution >= 0.6 is 0 Å². The first-order chi connectivity index (χ1) is 8.24. The monoisotopic (exact) mass is 231 g/mol. The Morgan fingerprint density at radius 1 is 1.29 bits per heavy atom. The van der Waals surface area contributed by atoms with Crippen LogP contribution < -0.4 is 0 Å². The summed E-state index contributed by atoms with van der Waals surface area (Å²) in [5.41, 5.74) is 1.17. The summed E-state index contributed by atoms with van der Waals surface area (Å²) in [7, 11) is 0. The zero-order valence-corrected chi connectivity index (χ0v) is 10.7. The van der Waals surface area contributed by atoms with E-state index in [9.17, 15) is 4.79 Å². The predicted molar refractivity (Wildman–Crippen MR) is 69.9 cm³/mol. The van der Waals surface area contributed by atoms with Gasteiger partial charge in [-0.2, -0.15) is 0 Å². The van der Waals surface area contributed by atoms with Gasteiger partial charge < -0.3 is 4.90 Å². The summed E-state index contributed by atoms with van der Waals surface area (Å²) < 4.78 is 0. The Balaban J connectivity index is 2.10. The number of carbonyl (C=O) groups excluding carboxylic acids is 1. The van der Waals surface area contributed by atoms with E-state index in [2.05, 4.69) is 30.9 Å². The van der Waals surface area contributed by atoms with Crippen molar-refractivity contribution in [2.45, 2.75) is 45.1 Å². The molecular weight excluding hydrogens is 210 g/mol. The lowest BCUT2D eigenvalue weighted by molar-refractivity contribution is -0.130. The Morgan fingerprint density at radius 3 is 2.65 bits per heavy atom. The number of rotatable bonds is 4. The van der Waals surface area contributed by atoms with Gasteiger partial charge in [0.25, 0.3) is 0 Å². The summed E-state index contributed by atoms with van der Waals surface area (Å²) in [4.78, 5) is 14.4. The van der Waals surface area contributed by atoms with Crippen LogP contribution in [0.5, 0.6) is 0 Å². The third-order valence-electron chi connectivity index (χ3n) is 3.64. The second kappa shape index (κ2) is 5.35. The number of hydrogen-bond donors (Lipinski definition) is 0. The van der Waals surface area contributed by atoms with E-state index in [0.29, 0.717) is 11.9 Å². The van der Waals surface area contributed by atoms with Crippen molar-refractivity contribution in [1.82, 2.24) is 4.90 Å². The molecule has 1 aliphatic heterocycles. The highest BCUT2D eigenvalue weighted by atomic mass is 16.2. The molecule has 0 bridgehead atoms. The Bertz CT molecular complexity index is 374. The van der Waals surface area contributed by atoms with E-state index >= 15 is 0 Å². The number of likely N-dealkylation sites (tertiary alicyclic amines) is 1. The molecule has 1 aliphatic rings. The smallest absolute Gasteiger partial charge is 0.230 e. The second-order valence-electron chi connectivity index (χ2n) is 4.93. The van der Waals surface area contributed by atoms with Crippen molar-refractivity contribution >= 4 is 5.91 Å². The molecule has 2 atom stereocenters. The van der Waals surface area contributed by atoms with Gasteiger partial charge in [0, 0.05) is 12.6 Å². The molecule has 0 N–H and O–H groups in total. The summed E-state index contributed by atoms with van der Waals surface area (Å²) in [6, 6.07) is 10.6. The van der Waals surface area contributed by atoms with Gasteiger partial charge >= 0.3 is 0 Å². The van der Waals surface area contributed by atoms with Gasteiger partial charge in [0.05, 0.1) is 5.92 Å². The summed E-state index contributed by atoms with van der Waals surface area (Å²) >= 11 is 0. The lowest BCUT2D eigenvalue weighted by Gasteiger charge is -2.21. The summed E-state index contributed by atoms with van der Waals surface area (Å²) in [5.74, 6) is 0.403. The highest BCUT2D eigenvalue weighted by Crippen LogP contribution is 2.32. The van der Waals surface area contributed by atoms with Gasteiger partial charge in [0.2, 0.25) is 5.91 Å². The molecule has 0 aliphatic carbocycles. The van der Waals surface area contributed by atoms with Gasteiger partial charge in [-0.1, -0.05) is 43.7 Å². The largest absolute Gasteiger partial charge is 0.339 e. The van der Waals surface area contributed by atoms with Gasteiger partial charge in [-0.05, 0) is 25.3 Å². The average molecular weight is 231 g/mol. The maximum absolute atomic E-state index is 12.3. The van der Waals surface area contributed by atoms with Gasteiger partial charge in [-0.3, -0.25) is 4.79 Å². The van der Waals surface area contributed by atoms with Crippen LogP contribution in [0.15, 0.2) is 30.3 Å². The number of carbonyl (C=O) groups is 1. The molecule has 2 rings (SSSR count). The van der Waals surface area contributed by atoms with Crippen molar-refractivity contribution in [1.29, 1.82) is 0 Å². The zero-order chi connectivity index (χ0) is 12.3. The molecule has 1 amide bonds. The van der Waals surface area contributed by atoms with Crippen molar-refractivity contribution in [3.63, 3.8) is 0 Å². The third-order valence-corrected chi connectivity index (χ3v) is 3.64. The van der Waals surface area contributed by atoms with Crippen LogP contribution in [0.3, 0.4) is 0 Å². The molecule has 1 fully saturated rings. The van der Waals surface area contributed by atoms with Crippen LogP contribution in [0.4, 0.5) is 0 Å². The fraction of sp³-hybridized carbons (Fsp3) is 0.533. The fourth-order valence-electron chi connectivity index (χ4n) is 2.61. The first kappa shape index (κ1) is 12.2. The topological polar surface area (TPSA) is 20.3 Å². The summed E-state index contributed by atoms with van der Waals surface area (Å²) in [5, 5.41) is 0. The first-order valence-electron chi connectivity index (χ1n) is 6.59. The average Bonchev–Trinajstić information content (AvgIpc) is 2.64. The Labute approximate surface area is 104 Å². The van der Waals surface area contributed by atoms with Crippen molar-refractivity contribution in [3.8, 4) is 0 Å². The molecule has 0 spiro atoms. The van der Waals surface area contributed by atoms with E-state index in [1.54, 1.807) is 0 Å². The molecular formula is C15H21NO. The highest BCUT2D eigenvalue weighted by molar-refractivity contribution is 5.86. The molecule has 1 aromatic rings. The van der Waals surface area contributed by atoms with E-state index in [4.69, 9.17) is 0 Å². The minimum atomic E-state index is 0.0862. The van der Waals surface area contributed by atoms with Crippen LogP contribution in [0.1, 0.15) is 44.6 Å². The van der Waals surface area contributed by atoms with Crippen LogP contribution in [-0.4, -0.2) is 23.4 Å². The molecule has 92 valence electrons. The molecule has 2 nitrogen and oxygen atoms in total. The molecule has 1 saturated heterocycles. The quantitative estimate of drug-likeness (QED) is 0.779. The molecule has 0 unspecified atom stereocenters. The highest BCUT2D eigenvalue weighted by Gasteiger charge is 2.37. The zero-order valence-electron chi connectivity index (χ0n) is 10.7. The van der Waals surface area contributed by atoms with Crippen molar-refractivity contribution in [2.24, 2.45) is 0 Å². The second-order valence-corrected chi connectivity index (χ2v) is 4.93. The van der Waals surface area contributed by atoms with Gasteiger partial charge in [-0.15, -0.1) is 0 Å². The molecule has 0 saturated carbocycles. The maximum Gasteiger partial charge on any atom is 0.230 e. The molecule has 17 heavy (non-hydrogen) atoms. The molecule has 0 aromatic heterocycles. The summed E-state index contributed by atoms with van der Waals surface area (Å²) in [6.45, 7) is 5.25. The van der Waals surface area contributed by atoms with Crippen LogP contribution in [0, 0.1) is 0 Å². The van der Waals surface area contributed by atoms with Crippen LogP contribution in [-0.2, 0) is 4.79 Å². The maximum atomic E-state index is 12.3. The standard InChI is InChI=1S/C15H21NO/c1-3-4-10-16-12(2)11-14(15(16)17)13-8-6-5-7-9-13/h5-9,12,14H,3-4,10-11H2,1-2H3/t12-,14+/m1/s1. The number of unbranched alkanes of at least 4 members (excludes halogenated alkanes) is 1. The summed E-state index contributed by atoms with van der Waals surface area (Å²) in [6.07, 6.45) is 3.22. The van der Waals surface area contributed by atoms with Crippen LogP contribution in [0.2, 0.25) is 0 Å². The van der Waals surface area contributed by atoms with Crippen molar-refractivity contribution in [2.75, 3.05) is 6.54 Å². The normalized spacial score (nSPS) is 24.4. The van der Waals surface area contributed by atoms with E-state index in [1.165, 1.54) is 5.56 Å². The lowest BCUT2D eigenvalue weighted by atomic mass is 9.96. The predicted octanol–water partition coefficient (Wildman–Crippen LogP) is 3.19. The first-order valence-corrected chi connectivity index (χ1v) is 6.59.